The molecule has 0 aromatic carbocycles. The van der Waals surface area contributed by atoms with Crippen molar-refractivity contribution < 1.29 is 37.2 Å². The van der Waals surface area contributed by atoms with E-state index in [0.29, 0.717) is 12.8 Å². The van der Waals surface area contributed by atoms with Gasteiger partial charge < -0.3 is 18.2 Å². The summed E-state index contributed by atoms with van der Waals surface area (Å²) in [6, 6.07) is 0. The number of carbonyl (C=O) groups excluding carboxylic acids is 3. The van der Waals surface area contributed by atoms with E-state index in [-0.39, 0.29) is 72.7 Å². The molecule has 3 saturated carbocycles. The Labute approximate surface area is 253 Å². The fourth-order valence-corrected chi connectivity index (χ4v) is 10.4. The van der Waals surface area contributed by atoms with E-state index < -0.39 is 32.3 Å². The average molecular weight is 623 g/mol. The molecule has 10 heteroatoms. The quantitative estimate of drug-likeness (QED) is 0.178. The van der Waals surface area contributed by atoms with Crippen LogP contribution in [-0.4, -0.2) is 57.4 Å². The largest absolute Gasteiger partial charge is 0.409 e. The fraction of sp³-hybridized carbons (Fsp3) is 0.781. The van der Waals surface area contributed by atoms with Crippen LogP contribution in [-0.2, 0) is 37.2 Å². The van der Waals surface area contributed by atoms with Crippen molar-refractivity contribution in [3.63, 3.8) is 0 Å². The summed E-state index contributed by atoms with van der Waals surface area (Å²) < 4.78 is 37.6. The first-order chi connectivity index (χ1) is 19.4. The molecule has 42 heavy (non-hydrogen) atoms. The van der Waals surface area contributed by atoms with Gasteiger partial charge in [-0.05, 0) is 81.7 Å². The first kappa shape index (κ1) is 33.7. The third-order valence-electron chi connectivity index (χ3n) is 11.3. The van der Waals surface area contributed by atoms with Gasteiger partial charge in [0.1, 0.15) is 17.7 Å². The first-order valence-electron chi connectivity index (χ1n) is 15.6. The lowest BCUT2D eigenvalue weighted by Crippen LogP contribution is -2.62. The lowest BCUT2D eigenvalue weighted by molar-refractivity contribution is -0.177. The summed E-state index contributed by atoms with van der Waals surface area (Å²) in [5.41, 5.74) is -1.65. The van der Waals surface area contributed by atoms with Gasteiger partial charge in [-0.15, -0.1) is 0 Å². The molecule has 0 aliphatic heterocycles. The van der Waals surface area contributed by atoms with E-state index in [9.17, 15) is 18.9 Å². The molecule has 0 amide bonds. The van der Waals surface area contributed by atoms with Gasteiger partial charge in [0.05, 0.1) is 19.8 Å². The Morgan fingerprint density at radius 3 is 2.33 bits per heavy atom. The minimum atomic E-state index is -3.63. The highest BCUT2D eigenvalue weighted by Gasteiger charge is 2.69. The van der Waals surface area contributed by atoms with Crippen LogP contribution in [0.25, 0.3) is 0 Å². The molecule has 0 unspecified atom stereocenters. The summed E-state index contributed by atoms with van der Waals surface area (Å²) in [6.07, 6.45) is 7.69. The van der Waals surface area contributed by atoms with Crippen molar-refractivity contribution in [2.24, 2.45) is 28.6 Å². The molecule has 8 nitrogen and oxygen atoms in total. The molecule has 236 valence electrons. The Hall–Kier alpha value is -1.22. The second-order valence-corrected chi connectivity index (χ2v) is 21.4. The lowest BCUT2D eigenvalue weighted by atomic mass is 9.46. The summed E-state index contributed by atoms with van der Waals surface area (Å²) in [6.45, 7) is 18.4. The van der Waals surface area contributed by atoms with Crippen molar-refractivity contribution in [1.82, 2.24) is 0 Å². The van der Waals surface area contributed by atoms with Crippen LogP contribution in [0.2, 0.25) is 18.1 Å². The van der Waals surface area contributed by atoms with Crippen molar-refractivity contribution in [1.29, 1.82) is 0 Å². The summed E-state index contributed by atoms with van der Waals surface area (Å²) in [5.74, 6) is -0.304. The van der Waals surface area contributed by atoms with Crippen LogP contribution >= 0.6 is 7.60 Å². The summed E-state index contributed by atoms with van der Waals surface area (Å²) in [5, 5.41) is -0.0886. The lowest BCUT2D eigenvalue weighted by Gasteiger charge is -2.57. The third kappa shape index (κ3) is 5.56. The topological polar surface area (TPSA) is 105 Å². The monoisotopic (exact) mass is 622 g/mol. The van der Waals surface area contributed by atoms with Crippen LogP contribution in [0.1, 0.15) is 80.6 Å². The molecule has 0 aromatic rings. The fourth-order valence-electron chi connectivity index (χ4n) is 8.07. The highest BCUT2D eigenvalue weighted by Crippen LogP contribution is 2.67. The number of ether oxygens (including phenoxy) is 1. The van der Waals surface area contributed by atoms with E-state index in [4.69, 9.17) is 18.2 Å². The Kier molecular flexibility index (Phi) is 9.31. The number of hydrogen-bond donors (Lipinski definition) is 0. The smallest absolute Gasteiger partial charge is 0.356 e. The molecule has 3 fully saturated rings. The maximum atomic E-state index is 14.5. The zero-order valence-electron chi connectivity index (χ0n) is 27.0. The molecule has 0 heterocycles. The van der Waals surface area contributed by atoms with Gasteiger partial charge in [-0.2, -0.15) is 0 Å². The zero-order chi connectivity index (χ0) is 31.4. The number of ketones is 3. The molecule has 0 N–H and O–H groups in total. The number of hydrogen-bond acceptors (Lipinski definition) is 8. The van der Waals surface area contributed by atoms with E-state index in [1.54, 1.807) is 26.0 Å². The molecule has 6 atom stereocenters. The Morgan fingerprint density at radius 1 is 1.10 bits per heavy atom. The summed E-state index contributed by atoms with van der Waals surface area (Å²) >= 11 is 0. The van der Waals surface area contributed by atoms with Crippen molar-refractivity contribution in [2.45, 2.75) is 104 Å². The first-order valence-corrected chi connectivity index (χ1v) is 20.2. The highest BCUT2D eigenvalue weighted by atomic mass is 31.2. The molecule has 4 aliphatic carbocycles. The summed E-state index contributed by atoms with van der Waals surface area (Å²) in [7, 11) is -5.90. The number of Topliss-reactive ketones (excluding diaryl/α,β-unsaturated/α-hetero) is 2. The van der Waals surface area contributed by atoms with E-state index >= 15 is 0 Å². The maximum absolute atomic E-state index is 14.5. The van der Waals surface area contributed by atoms with Gasteiger partial charge in [-0.3, -0.25) is 18.9 Å². The highest BCUT2D eigenvalue weighted by molar-refractivity contribution is 7.53. The Balaban J connectivity index is 1.72. The van der Waals surface area contributed by atoms with Gasteiger partial charge in [0.2, 0.25) is 0 Å². The predicted molar refractivity (Wildman–Crippen MR) is 165 cm³/mol. The SMILES string of the molecule is CCOP(=O)(CO[C@]1(C(=O)CO[Si](C)(C)C(C)(C)C)CC[C@H]2[C@@H]3CCC4=CC(=O)C=C[C@]4(C)[C@H]3C(=O)C[C@@]21C)OCC. The van der Waals surface area contributed by atoms with E-state index in [1.165, 1.54) is 0 Å². The molecule has 0 saturated heterocycles. The third-order valence-corrected chi connectivity index (χ3v) is 17.5. The van der Waals surface area contributed by atoms with Crippen LogP contribution in [0.5, 0.6) is 0 Å². The van der Waals surface area contributed by atoms with Crippen LogP contribution in [0.4, 0.5) is 0 Å². The minimum Gasteiger partial charge on any atom is -0.409 e. The van der Waals surface area contributed by atoms with E-state index in [0.717, 1.165) is 18.4 Å². The zero-order valence-corrected chi connectivity index (χ0v) is 28.9. The Morgan fingerprint density at radius 2 is 1.74 bits per heavy atom. The van der Waals surface area contributed by atoms with Crippen LogP contribution < -0.4 is 0 Å². The van der Waals surface area contributed by atoms with Crippen LogP contribution in [0.15, 0.2) is 23.8 Å². The van der Waals surface area contributed by atoms with Gasteiger partial charge in [0.15, 0.2) is 19.9 Å². The number of fused-ring (bicyclic) bond motifs is 5. The van der Waals surface area contributed by atoms with Crippen LogP contribution in [0, 0.1) is 28.6 Å². The van der Waals surface area contributed by atoms with Gasteiger partial charge in [-0.1, -0.05) is 46.3 Å². The number of carbonyl (C=O) groups is 3. The van der Waals surface area contributed by atoms with E-state index in [2.05, 4.69) is 40.8 Å². The second-order valence-electron chi connectivity index (χ2n) is 14.6. The standard InChI is InChI=1S/C32H51O8PSi/c1-10-38-41(36,39-11-2)21-37-32(27(35)20-40-42(8,9)29(3,4)5)17-15-25-24-13-12-22-18-23(33)14-16-30(22,6)28(24)26(34)19-31(25,32)7/h14,16,18,24-25,28H,10-13,15,17,19-21H2,1-9H3/t24-,25-,28+,30-,31-,32-/m0/s1. The van der Waals surface area contributed by atoms with E-state index in [1.807, 2.05) is 13.0 Å². The van der Waals surface area contributed by atoms with Gasteiger partial charge >= 0.3 is 7.60 Å². The molecule has 4 rings (SSSR count). The molecule has 0 aromatic heterocycles. The van der Waals surface area contributed by atoms with Crippen molar-refractivity contribution in [3.05, 3.63) is 23.8 Å². The summed E-state index contributed by atoms with van der Waals surface area (Å²) in [4.78, 5) is 40.9. The molecule has 0 radical (unpaired) electrons. The van der Waals surface area contributed by atoms with Crippen molar-refractivity contribution in [2.75, 3.05) is 26.2 Å². The molecular formula is C32H51O8PSi. The predicted octanol–water partition coefficient (Wildman–Crippen LogP) is 7.04. The number of rotatable bonds is 11. The number of allylic oxidation sites excluding steroid dienone is 4. The molecule has 4 aliphatic rings. The average Bonchev–Trinajstić information content (AvgIpc) is 3.18. The van der Waals surface area contributed by atoms with Gasteiger partial charge in [0, 0.05) is 23.2 Å². The van der Waals surface area contributed by atoms with Crippen molar-refractivity contribution in [3.8, 4) is 0 Å². The molecular weight excluding hydrogens is 571 g/mol. The molecule has 0 spiro atoms. The minimum absolute atomic E-state index is 0.0253. The normalized spacial score (nSPS) is 35.0. The second kappa shape index (κ2) is 11.6. The van der Waals surface area contributed by atoms with Gasteiger partial charge in [-0.25, -0.2) is 0 Å². The Bertz CT molecular complexity index is 1210. The molecule has 0 bridgehead atoms. The van der Waals surface area contributed by atoms with Gasteiger partial charge in [0.25, 0.3) is 0 Å². The van der Waals surface area contributed by atoms with Crippen molar-refractivity contribution >= 4 is 33.3 Å². The maximum Gasteiger partial charge on any atom is 0.356 e. The van der Waals surface area contributed by atoms with Crippen LogP contribution in [0.3, 0.4) is 0 Å².